The van der Waals surface area contributed by atoms with Crippen LogP contribution in [0.5, 0.6) is 5.75 Å². The molecule has 10 nitrogen and oxygen atoms in total. The Bertz CT molecular complexity index is 1340. The molecule has 2 aliphatic rings. The minimum Gasteiger partial charge on any atom is -0.490 e. The number of amides is 4. The van der Waals surface area contributed by atoms with E-state index in [2.05, 4.69) is 10.6 Å². The van der Waals surface area contributed by atoms with E-state index in [-0.39, 0.29) is 55.5 Å². The first-order chi connectivity index (χ1) is 22.5. The van der Waals surface area contributed by atoms with E-state index in [1.54, 1.807) is 37.1 Å². The normalized spacial score (nSPS) is 22.3. The number of halogens is 1. The Labute approximate surface area is 278 Å². The number of nitrogens with one attached hydrogen (secondary N) is 2. The number of ether oxygens (including phenoxy) is 2. The molecule has 2 aromatic carbocycles. The summed E-state index contributed by atoms with van der Waals surface area (Å²) in [6.07, 6.45) is 6.74. The summed E-state index contributed by atoms with van der Waals surface area (Å²) in [6.45, 7) is 6.42. The van der Waals surface area contributed by atoms with Gasteiger partial charge >= 0.3 is 6.03 Å². The fraction of sp³-hybridized carbons (Fsp3) is 0.583. The molecule has 258 valence electrons. The van der Waals surface area contributed by atoms with Crippen LogP contribution in [0.15, 0.2) is 42.5 Å². The number of aliphatic hydroxyl groups excluding tert-OH is 1. The Morgan fingerprint density at radius 2 is 1.68 bits per heavy atom. The van der Waals surface area contributed by atoms with Gasteiger partial charge in [0, 0.05) is 50.0 Å². The lowest BCUT2D eigenvalue weighted by Gasteiger charge is -2.35. The van der Waals surface area contributed by atoms with Crippen molar-refractivity contribution in [3.63, 3.8) is 0 Å². The third-order valence-electron chi connectivity index (χ3n) is 9.19. The molecule has 47 heavy (non-hydrogen) atoms. The first-order valence-electron chi connectivity index (χ1n) is 17.0. The molecule has 4 rings (SSSR count). The largest absolute Gasteiger partial charge is 0.490 e. The average Bonchev–Trinajstić information content (AvgIpc) is 3.07. The zero-order valence-electron chi connectivity index (χ0n) is 28.2. The van der Waals surface area contributed by atoms with Gasteiger partial charge < -0.3 is 35.0 Å². The number of hydrogen-bond acceptors (Lipinski definition) is 6. The molecular formula is C36H51FN4O6. The van der Waals surface area contributed by atoms with E-state index in [1.165, 1.54) is 29.2 Å². The summed E-state index contributed by atoms with van der Waals surface area (Å²) >= 11 is 0. The first-order valence-corrected chi connectivity index (χ1v) is 17.0. The molecular weight excluding hydrogens is 603 g/mol. The van der Waals surface area contributed by atoms with E-state index >= 15 is 0 Å². The summed E-state index contributed by atoms with van der Waals surface area (Å²) < 4.78 is 26.0. The molecule has 0 radical (unpaired) electrons. The van der Waals surface area contributed by atoms with Crippen LogP contribution < -0.4 is 15.4 Å². The Kier molecular flexibility index (Phi) is 13.4. The maximum Gasteiger partial charge on any atom is 0.321 e. The quantitative estimate of drug-likeness (QED) is 0.322. The molecule has 4 atom stereocenters. The van der Waals surface area contributed by atoms with Crippen molar-refractivity contribution in [2.45, 2.75) is 90.4 Å². The van der Waals surface area contributed by atoms with Crippen LogP contribution in [0.2, 0.25) is 0 Å². The molecule has 1 fully saturated rings. The highest BCUT2D eigenvalue weighted by atomic mass is 19.1. The highest BCUT2D eigenvalue weighted by Crippen LogP contribution is 2.30. The van der Waals surface area contributed by atoms with Crippen molar-refractivity contribution in [3.8, 4) is 5.75 Å². The van der Waals surface area contributed by atoms with Crippen LogP contribution in [0.25, 0.3) is 0 Å². The summed E-state index contributed by atoms with van der Waals surface area (Å²) in [5.41, 5.74) is 1.32. The first kappa shape index (κ1) is 36.1. The summed E-state index contributed by atoms with van der Waals surface area (Å²) in [5.74, 6) is -0.582. The van der Waals surface area contributed by atoms with Gasteiger partial charge in [-0.05, 0) is 88.4 Å². The molecule has 0 unspecified atom stereocenters. The third kappa shape index (κ3) is 10.4. The van der Waals surface area contributed by atoms with E-state index in [1.807, 2.05) is 13.8 Å². The lowest BCUT2D eigenvalue weighted by molar-refractivity contribution is -0.120. The highest BCUT2D eigenvalue weighted by molar-refractivity contribution is 6.00. The van der Waals surface area contributed by atoms with Crippen molar-refractivity contribution in [1.29, 1.82) is 0 Å². The third-order valence-corrected chi connectivity index (χ3v) is 9.19. The van der Waals surface area contributed by atoms with Gasteiger partial charge in [-0.25, -0.2) is 9.18 Å². The molecule has 0 saturated heterocycles. The number of likely N-dealkylation sites (N-methyl/N-ethyl adjacent to an activating group) is 1. The molecule has 2 aromatic rings. The number of fused-ring (bicyclic) bond motifs is 1. The van der Waals surface area contributed by atoms with E-state index in [4.69, 9.17) is 9.47 Å². The molecule has 0 bridgehead atoms. The van der Waals surface area contributed by atoms with E-state index in [9.17, 15) is 23.9 Å². The number of hydrogen-bond donors (Lipinski definition) is 3. The number of anilines is 2. The standard InChI is InChI=1S/C36H51FN4O6/c1-24-21-41(25(2)23-42)35(44)31-20-30(38-34(43)27-11-6-5-7-12-27)17-18-32(31)47-26(3)10-8-9-19-46-33(24)22-40(4)36(45)39-29-15-13-28(37)14-16-29/h13-18,20,24-27,33,42H,5-12,19,21-23H2,1-4H3,(H,38,43)(H,39,45)/t24-,25-,26-,33-/m0/s1. The highest BCUT2D eigenvalue weighted by Gasteiger charge is 2.31. The van der Waals surface area contributed by atoms with Gasteiger partial charge in [-0.1, -0.05) is 26.2 Å². The summed E-state index contributed by atoms with van der Waals surface area (Å²) in [6, 6.07) is 9.87. The van der Waals surface area contributed by atoms with Gasteiger partial charge in [0.2, 0.25) is 5.91 Å². The van der Waals surface area contributed by atoms with Crippen molar-refractivity contribution in [2.75, 3.05) is 44.0 Å². The smallest absolute Gasteiger partial charge is 0.321 e. The van der Waals surface area contributed by atoms with Crippen molar-refractivity contribution >= 4 is 29.2 Å². The summed E-state index contributed by atoms with van der Waals surface area (Å²) in [7, 11) is 1.66. The monoisotopic (exact) mass is 654 g/mol. The van der Waals surface area contributed by atoms with E-state index in [0.29, 0.717) is 29.3 Å². The molecule has 4 amide bonds. The van der Waals surface area contributed by atoms with Gasteiger partial charge in [0.25, 0.3) is 5.91 Å². The van der Waals surface area contributed by atoms with Crippen molar-refractivity contribution in [3.05, 3.63) is 53.8 Å². The second kappa shape index (κ2) is 17.5. The molecule has 0 aromatic heterocycles. The number of carbonyl (C=O) groups excluding carboxylic acids is 3. The average molecular weight is 655 g/mol. The second-order valence-corrected chi connectivity index (χ2v) is 13.2. The predicted molar refractivity (Wildman–Crippen MR) is 180 cm³/mol. The van der Waals surface area contributed by atoms with E-state index < -0.39 is 18.0 Å². The number of benzene rings is 2. The summed E-state index contributed by atoms with van der Waals surface area (Å²) in [5, 5.41) is 16.0. The van der Waals surface area contributed by atoms with Gasteiger partial charge in [-0.2, -0.15) is 0 Å². The van der Waals surface area contributed by atoms with Crippen molar-refractivity contribution < 1.29 is 33.4 Å². The lowest BCUT2D eigenvalue weighted by atomic mass is 9.88. The maximum absolute atomic E-state index is 14.3. The van der Waals surface area contributed by atoms with Crippen molar-refractivity contribution in [1.82, 2.24) is 9.80 Å². The fourth-order valence-electron chi connectivity index (χ4n) is 6.18. The molecule has 1 aliphatic heterocycles. The Hall–Kier alpha value is -3.70. The molecule has 3 N–H and O–H groups in total. The van der Waals surface area contributed by atoms with Gasteiger partial charge in [-0.3, -0.25) is 9.59 Å². The fourth-order valence-corrected chi connectivity index (χ4v) is 6.18. The number of rotatable bonds is 7. The van der Waals surface area contributed by atoms with Crippen LogP contribution in [0.3, 0.4) is 0 Å². The Morgan fingerprint density at radius 1 is 1.00 bits per heavy atom. The molecule has 1 heterocycles. The van der Waals surface area contributed by atoms with Gasteiger partial charge in [0.05, 0.1) is 30.4 Å². The molecule has 11 heteroatoms. The van der Waals surface area contributed by atoms with Crippen LogP contribution in [0.1, 0.15) is 82.5 Å². The van der Waals surface area contributed by atoms with E-state index in [0.717, 1.165) is 51.4 Å². The minimum atomic E-state index is -0.524. The zero-order chi connectivity index (χ0) is 33.9. The molecule has 1 aliphatic carbocycles. The van der Waals surface area contributed by atoms with Crippen molar-refractivity contribution in [2.24, 2.45) is 11.8 Å². The van der Waals surface area contributed by atoms with Crippen LogP contribution in [-0.2, 0) is 9.53 Å². The van der Waals surface area contributed by atoms with Gasteiger partial charge in [0.15, 0.2) is 0 Å². The zero-order valence-corrected chi connectivity index (χ0v) is 28.2. The maximum atomic E-state index is 14.3. The molecule has 1 saturated carbocycles. The van der Waals surface area contributed by atoms with Crippen LogP contribution in [-0.4, -0.2) is 84.4 Å². The number of aliphatic hydroxyl groups is 1. The lowest BCUT2D eigenvalue weighted by Crippen LogP contribution is -2.48. The molecule has 0 spiro atoms. The summed E-state index contributed by atoms with van der Waals surface area (Å²) in [4.78, 5) is 43.6. The van der Waals surface area contributed by atoms with Crippen LogP contribution in [0, 0.1) is 17.7 Å². The van der Waals surface area contributed by atoms with Crippen LogP contribution in [0.4, 0.5) is 20.6 Å². The van der Waals surface area contributed by atoms with Gasteiger partial charge in [0.1, 0.15) is 11.6 Å². The predicted octanol–water partition coefficient (Wildman–Crippen LogP) is 6.30. The minimum absolute atomic E-state index is 0.0333. The number of nitrogens with zero attached hydrogens (tertiary/aromatic N) is 2. The SMILES string of the molecule is C[C@H]1CCCCO[C@@H](CN(C)C(=O)Nc2ccc(F)cc2)[C@@H](C)CN([C@@H](C)CO)C(=O)c2cc(NC(=O)C3CCCCC3)ccc2O1. The number of carbonyl (C=O) groups is 3. The second-order valence-electron chi connectivity index (χ2n) is 13.2. The Morgan fingerprint density at radius 3 is 2.38 bits per heavy atom. The van der Waals surface area contributed by atoms with Gasteiger partial charge in [-0.15, -0.1) is 0 Å². The topological polar surface area (TPSA) is 120 Å². The van der Waals surface area contributed by atoms with Crippen LogP contribution >= 0.6 is 0 Å². The number of urea groups is 1. The Balaban J connectivity index is 1.57.